The minimum absolute atomic E-state index is 0.257. The maximum atomic E-state index is 12.1. The highest BCUT2D eigenvalue weighted by atomic mass is 16.6. The van der Waals surface area contributed by atoms with Gasteiger partial charge in [-0.05, 0) is 41.5 Å². The van der Waals surface area contributed by atoms with Crippen molar-refractivity contribution in [3.05, 3.63) is 0 Å². The summed E-state index contributed by atoms with van der Waals surface area (Å²) in [7, 11) is 0. The lowest BCUT2D eigenvalue weighted by Crippen LogP contribution is -2.50. The fourth-order valence-corrected chi connectivity index (χ4v) is 1.44. The van der Waals surface area contributed by atoms with Crippen LogP contribution in [0, 0.1) is 0 Å². The van der Waals surface area contributed by atoms with E-state index in [9.17, 15) is 4.79 Å². The molecule has 0 atom stereocenters. The summed E-state index contributed by atoms with van der Waals surface area (Å²) in [6.07, 6.45) is -0.274. The number of amides is 1. The quantitative estimate of drug-likeness (QED) is 0.735. The van der Waals surface area contributed by atoms with Gasteiger partial charge in [0.15, 0.2) is 0 Å². The fourth-order valence-electron chi connectivity index (χ4n) is 1.44. The Bertz CT molecular complexity index is 254. The van der Waals surface area contributed by atoms with E-state index in [0.717, 1.165) is 6.54 Å². The van der Waals surface area contributed by atoms with E-state index in [1.165, 1.54) is 0 Å². The summed E-state index contributed by atoms with van der Waals surface area (Å²) in [5.41, 5.74) is 4.68. The lowest BCUT2D eigenvalue weighted by molar-refractivity contribution is 0.00668. The molecule has 1 amide bonds. The smallest absolute Gasteiger partial charge is 0.410 e. The second-order valence-electron chi connectivity index (χ2n) is 6.34. The first-order valence-electron chi connectivity index (χ1n) is 6.49. The Morgan fingerprint density at radius 1 is 1.17 bits per heavy atom. The summed E-state index contributed by atoms with van der Waals surface area (Å²) in [6, 6.07) is 0. The van der Waals surface area contributed by atoms with Gasteiger partial charge in [-0.3, -0.25) is 0 Å². The summed E-state index contributed by atoms with van der Waals surface area (Å²) >= 11 is 0. The van der Waals surface area contributed by atoms with Crippen molar-refractivity contribution in [1.29, 1.82) is 0 Å². The molecule has 0 aliphatic rings. The number of nitrogens with one attached hydrogen (secondary N) is 1. The van der Waals surface area contributed by atoms with Crippen LogP contribution in [0.1, 0.15) is 41.5 Å². The Hall–Kier alpha value is -0.810. The minimum Gasteiger partial charge on any atom is -0.444 e. The number of ether oxygens (including phenoxy) is 1. The van der Waals surface area contributed by atoms with Gasteiger partial charge in [0.1, 0.15) is 5.60 Å². The third-order valence-electron chi connectivity index (χ3n) is 2.26. The van der Waals surface area contributed by atoms with Crippen LogP contribution in [0.3, 0.4) is 0 Å². The maximum Gasteiger partial charge on any atom is 0.410 e. The Morgan fingerprint density at radius 3 is 2.11 bits per heavy atom. The first-order chi connectivity index (χ1) is 8.08. The lowest BCUT2D eigenvalue weighted by Gasteiger charge is -2.36. The highest BCUT2D eigenvalue weighted by Crippen LogP contribution is 2.17. The second-order valence-corrected chi connectivity index (χ2v) is 6.34. The van der Waals surface area contributed by atoms with Crippen LogP contribution in [0.4, 0.5) is 4.79 Å². The van der Waals surface area contributed by atoms with Gasteiger partial charge in [0.2, 0.25) is 0 Å². The van der Waals surface area contributed by atoms with E-state index < -0.39 is 5.60 Å². The molecule has 0 aliphatic heterocycles. The fraction of sp³-hybridized carbons (Fsp3) is 0.923. The SMILES string of the molecule is CC(C)(C)OC(=O)N(CCNCCN)C(C)(C)C. The van der Waals surface area contributed by atoms with Crippen LogP contribution in [-0.2, 0) is 4.74 Å². The van der Waals surface area contributed by atoms with E-state index >= 15 is 0 Å². The van der Waals surface area contributed by atoms with Crippen molar-refractivity contribution in [3.8, 4) is 0 Å². The Labute approximate surface area is 111 Å². The zero-order chi connectivity index (χ0) is 14.4. The van der Waals surface area contributed by atoms with Crippen LogP contribution in [0.25, 0.3) is 0 Å². The first-order valence-corrected chi connectivity index (χ1v) is 6.49. The Morgan fingerprint density at radius 2 is 1.72 bits per heavy atom. The summed E-state index contributed by atoms with van der Waals surface area (Å²) in [5.74, 6) is 0. The molecule has 0 rings (SSSR count). The molecule has 0 spiro atoms. The van der Waals surface area contributed by atoms with E-state index in [4.69, 9.17) is 10.5 Å². The van der Waals surface area contributed by atoms with Gasteiger partial charge in [0, 0.05) is 31.7 Å². The monoisotopic (exact) mass is 259 g/mol. The van der Waals surface area contributed by atoms with Crippen molar-refractivity contribution in [3.63, 3.8) is 0 Å². The molecule has 0 saturated carbocycles. The van der Waals surface area contributed by atoms with Crippen LogP contribution in [0.15, 0.2) is 0 Å². The zero-order valence-corrected chi connectivity index (χ0v) is 12.7. The van der Waals surface area contributed by atoms with Crippen molar-refractivity contribution in [2.45, 2.75) is 52.7 Å². The molecule has 18 heavy (non-hydrogen) atoms. The Kier molecular flexibility index (Phi) is 6.63. The number of nitrogens with two attached hydrogens (primary N) is 1. The third kappa shape index (κ3) is 7.50. The molecular formula is C13H29N3O2. The molecule has 5 nitrogen and oxygen atoms in total. The summed E-state index contributed by atoms with van der Waals surface area (Å²) in [5, 5.41) is 3.18. The van der Waals surface area contributed by atoms with Crippen LogP contribution < -0.4 is 11.1 Å². The molecule has 5 heteroatoms. The molecule has 3 N–H and O–H groups in total. The van der Waals surface area contributed by atoms with Gasteiger partial charge in [-0.1, -0.05) is 0 Å². The van der Waals surface area contributed by atoms with Crippen LogP contribution in [-0.4, -0.2) is 48.3 Å². The number of hydrogen-bond acceptors (Lipinski definition) is 4. The number of rotatable bonds is 5. The van der Waals surface area contributed by atoms with Crippen molar-refractivity contribution < 1.29 is 9.53 Å². The maximum absolute atomic E-state index is 12.1. The van der Waals surface area contributed by atoms with Crippen molar-refractivity contribution in [2.24, 2.45) is 5.73 Å². The molecule has 0 heterocycles. The average Bonchev–Trinajstić information content (AvgIpc) is 2.12. The third-order valence-corrected chi connectivity index (χ3v) is 2.26. The zero-order valence-electron chi connectivity index (χ0n) is 12.7. The van der Waals surface area contributed by atoms with Gasteiger partial charge in [-0.15, -0.1) is 0 Å². The first kappa shape index (κ1) is 17.2. The molecule has 0 radical (unpaired) electrons. The van der Waals surface area contributed by atoms with E-state index in [1.807, 2.05) is 41.5 Å². The minimum atomic E-state index is -0.467. The second kappa shape index (κ2) is 6.95. The molecule has 0 saturated heterocycles. The van der Waals surface area contributed by atoms with Crippen molar-refractivity contribution in [1.82, 2.24) is 10.2 Å². The van der Waals surface area contributed by atoms with Crippen molar-refractivity contribution in [2.75, 3.05) is 26.2 Å². The Balaban J connectivity index is 4.45. The van der Waals surface area contributed by atoms with Crippen molar-refractivity contribution >= 4 is 6.09 Å². The molecule has 0 aromatic carbocycles. The number of hydrogen-bond donors (Lipinski definition) is 2. The predicted molar refractivity (Wildman–Crippen MR) is 74.6 cm³/mol. The molecular weight excluding hydrogens is 230 g/mol. The molecule has 0 fully saturated rings. The van der Waals surface area contributed by atoms with E-state index in [-0.39, 0.29) is 11.6 Å². The van der Waals surface area contributed by atoms with Crippen LogP contribution in [0.2, 0.25) is 0 Å². The lowest BCUT2D eigenvalue weighted by atomic mass is 10.1. The molecule has 0 aromatic heterocycles. The van der Waals surface area contributed by atoms with Gasteiger partial charge in [-0.2, -0.15) is 0 Å². The highest BCUT2D eigenvalue weighted by Gasteiger charge is 2.29. The number of carbonyl (C=O) groups is 1. The standard InChI is InChI=1S/C13H29N3O2/c1-12(2,3)16(10-9-15-8-7-14)11(17)18-13(4,5)6/h15H,7-10,14H2,1-6H3. The number of carbonyl (C=O) groups excluding carboxylic acids is 1. The predicted octanol–water partition coefficient (Wildman–Crippen LogP) is 1.57. The van der Waals surface area contributed by atoms with E-state index in [0.29, 0.717) is 19.6 Å². The topological polar surface area (TPSA) is 67.6 Å². The molecule has 0 bridgehead atoms. The molecule has 108 valence electrons. The van der Waals surface area contributed by atoms with Crippen LogP contribution in [0.5, 0.6) is 0 Å². The summed E-state index contributed by atoms with van der Waals surface area (Å²) < 4.78 is 5.42. The summed E-state index contributed by atoms with van der Waals surface area (Å²) in [4.78, 5) is 13.9. The van der Waals surface area contributed by atoms with Gasteiger partial charge in [0.25, 0.3) is 0 Å². The largest absolute Gasteiger partial charge is 0.444 e. The average molecular weight is 259 g/mol. The van der Waals surface area contributed by atoms with Gasteiger partial charge in [-0.25, -0.2) is 4.79 Å². The normalized spacial score (nSPS) is 12.4. The summed E-state index contributed by atoms with van der Waals surface area (Å²) in [6.45, 7) is 14.3. The highest BCUT2D eigenvalue weighted by molar-refractivity contribution is 5.69. The van der Waals surface area contributed by atoms with E-state index in [1.54, 1.807) is 4.90 Å². The van der Waals surface area contributed by atoms with Gasteiger partial charge >= 0.3 is 6.09 Å². The van der Waals surface area contributed by atoms with Gasteiger partial charge in [0.05, 0.1) is 0 Å². The molecule has 0 unspecified atom stereocenters. The van der Waals surface area contributed by atoms with E-state index in [2.05, 4.69) is 5.32 Å². The van der Waals surface area contributed by atoms with Gasteiger partial charge < -0.3 is 20.7 Å². The number of nitrogens with zero attached hydrogens (tertiary/aromatic N) is 1. The van der Waals surface area contributed by atoms with Crippen LogP contribution >= 0.6 is 0 Å². The molecule has 0 aromatic rings. The molecule has 0 aliphatic carbocycles.